The van der Waals surface area contributed by atoms with Gasteiger partial charge in [-0.05, 0) is 48.4 Å². The van der Waals surface area contributed by atoms with Crippen molar-refractivity contribution in [3.8, 4) is 11.4 Å². The maximum Gasteiger partial charge on any atom is 0.182 e. The van der Waals surface area contributed by atoms with E-state index < -0.39 is 0 Å². The Balaban J connectivity index is 1.96. The van der Waals surface area contributed by atoms with Gasteiger partial charge >= 0.3 is 0 Å². The average Bonchev–Trinajstić information content (AvgIpc) is 3.08. The molecule has 7 nitrogen and oxygen atoms in total. The fourth-order valence-electron chi connectivity index (χ4n) is 2.60. The van der Waals surface area contributed by atoms with Crippen LogP contribution in [0.4, 0.5) is 11.4 Å². The van der Waals surface area contributed by atoms with E-state index in [0.29, 0.717) is 17.2 Å². The Labute approximate surface area is 116 Å². The van der Waals surface area contributed by atoms with Crippen LogP contribution < -0.4 is 11.5 Å². The second-order valence-electron chi connectivity index (χ2n) is 5.13. The Morgan fingerprint density at radius 3 is 2.70 bits per heavy atom. The molecule has 0 radical (unpaired) electrons. The summed E-state index contributed by atoms with van der Waals surface area (Å²) in [5, 5.41) is 12.0. The lowest BCUT2D eigenvalue weighted by Gasteiger charge is -2.19. The molecule has 0 saturated carbocycles. The Bertz CT molecular complexity index is 584. The topological polar surface area (TPSA) is 105 Å². The van der Waals surface area contributed by atoms with Crippen molar-refractivity contribution in [3.05, 3.63) is 18.2 Å². The van der Waals surface area contributed by atoms with Crippen molar-refractivity contribution in [2.75, 3.05) is 18.1 Å². The third-order valence-electron chi connectivity index (χ3n) is 3.62. The van der Waals surface area contributed by atoms with Gasteiger partial charge in [0, 0.05) is 23.5 Å². The molecule has 1 fully saturated rings. The number of benzene rings is 1. The van der Waals surface area contributed by atoms with E-state index in [-0.39, 0.29) is 12.1 Å². The monoisotopic (exact) mass is 274 g/mol. The van der Waals surface area contributed by atoms with Gasteiger partial charge in [0.1, 0.15) is 0 Å². The number of anilines is 2. The summed E-state index contributed by atoms with van der Waals surface area (Å²) in [7, 11) is 0. The Hall–Kier alpha value is -2.15. The maximum absolute atomic E-state index is 5.83. The minimum Gasteiger partial charge on any atom is -0.399 e. The van der Waals surface area contributed by atoms with Crippen molar-refractivity contribution in [1.29, 1.82) is 0 Å². The number of hydrogen-bond acceptors (Lipinski definition) is 6. The number of nitrogens with two attached hydrogens (primary N) is 2. The molecule has 1 aliphatic heterocycles. The normalized spacial score (nSPS) is 20.1. The van der Waals surface area contributed by atoms with Crippen LogP contribution >= 0.6 is 0 Å². The van der Waals surface area contributed by atoms with E-state index in [0.717, 1.165) is 25.0 Å². The van der Waals surface area contributed by atoms with Crippen molar-refractivity contribution in [1.82, 2.24) is 20.2 Å². The highest BCUT2D eigenvalue weighted by atomic mass is 16.5. The van der Waals surface area contributed by atoms with Crippen LogP contribution in [0, 0.1) is 0 Å². The third kappa shape index (κ3) is 2.32. The van der Waals surface area contributed by atoms with Gasteiger partial charge in [0.25, 0.3) is 0 Å². The Morgan fingerprint density at radius 2 is 2.05 bits per heavy atom. The molecule has 1 aromatic heterocycles. The zero-order valence-electron chi connectivity index (χ0n) is 11.4. The first-order chi connectivity index (χ1) is 9.65. The summed E-state index contributed by atoms with van der Waals surface area (Å²) in [4.78, 5) is 0. The minimum absolute atomic E-state index is 0.0742. The largest absolute Gasteiger partial charge is 0.399 e. The van der Waals surface area contributed by atoms with Gasteiger partial charge in [0.05, 0.1) is 12.1 Å². The fraction of sp³-hybridized carbons (Fsp3) is 0.462. The summed E-state index contributed by atoms with van der Waals surface area (Å²) in [6.45, 7) is 2.86. The number of nitrogens with zero attached hydrogens (tertiary/aromatic N) is 4. The van der Waals surface area contributed by atoms with Crippen LogP contribution in [0.15, 0.2) is 18.2 Å². The first-order valence-corrected chi connectivity index (χ1v) is 6.71. The molecule has 0 amide bonds. The number of rotatable bonds is 3. The van der Waals surface area contributed by atoms with E-state index in [2.05, 4.69) is 22.4 Å². The molecule has 1 saturated heterocycles. The summed E-state index contributed by atoms with van der Waals surface area (Å²) in [5.74, 6) is 0.659. The van der Waals surface area contributed by atoms with Gasteiger partial charge in [-0.2, -0.15) is 0 Å². The lowest BCUT2D eigenvalue weighted by molar-refractivity contribution is 0.0690. The number of nitrogen functional groups attached to an aromatic ring is 2. The molecule has 2 atom stereocenters. The van der Waals surface area contributed by atoms with Crippen LogP contribution in [-0.4, -0.2) is 32.9 Å². The van der Waals surface area contributed by atoms with Crippen LogP contribution in [0.25, 0.3) is 11.4 Å². The minimum atomic E-state index is 0.0742. The molecule has 0 spiro atoms. The lowest BCUT2D eigenvalue weighted by atomic mass is 10.1. The standard InChI is InChI=1S/C13H18N6O/c1-8(12-3-2-4-20-12)19-13(16-17-18-19)9-5-10(14)7-11(15)6-9/h5-8,12H,2-4,14-15H2,1H3. The van der Waals surface area contributed by atoms with Crippen molar-refractivity contribution in [2.45, 2.75) is 31.9 Å². The van der Waals surface area contributed by atoms with E-state index in [1.807, 2.05) is 12.1 Å². The van der Waals surface area contributed by atoms with Crippen molar-refractivity contribution in [3.63, 3.8) is 0 Å². The van der Waals surface area contributed by atoms with Crippen molar-refractivity contribution in [2.24, 2.45) is 0 Å². The zero-order valence-corrected chi connectivity index (χ0v) is 11.4. The predicted molar refractivity (Wildman–Crippen MR) is 75.8 cm³/mol. The molecule has 7 heteroatoms. The molecule has 106 valence electrons. The number of tetrazole rings is 1. The second-order valence-corrected chi connectivity index (χ2v) is 5.13. The summed E-state index contributed by atoms with van der Waals surface area (Å²) >= 11 is 0. The Morgan fingerprint density at radius 1 is 1.30 bits per heavy atom. The van der Waals surface area contributed by atoms with Gasteiger partial charge < -0.3 is 16.2 Å². The van der Waals surface area contributed by atoms with E-state index in [9.17, 15) is 0 Å². The van der Waals surface area contributed by atoms with Gasteiger partial charge in [-0.15, -0.1) is 5.10 Å². The van der Waals surface area contributed by atoms with Gasteiger partial charge in [-0.25, -0.2) is 4.68 Å². The molecule has 2 aromatic rings. The highest BCUT2D eigenvalue weighted by molar-refractivity contribution is 5.67. The van der Waals surface area contributed by atoms with Crippen LogP contribution in [0.5, 0.6) is 0 Å². The number of hydrogen-bond donors (Lipinski definition) is 2. The van der Waals surface area contributed by atoms with E-state index in [1.165, 1.54) is 0 Å². The van der Waals surface area contributed by atoms with Gasteiger partial charge in [-0.1, -0.05) is 0 Å². The SMILES string of the molecule is CC(C1CCCO1)n1nnnc1-c1cc(N)cc(N)c1. The molecule has 0 aliphatic carbocycles. The first-order valence-electron chi connectivity index (χ1n) is 6.71. The highest BCUT2D eigenvalue weighted by Gasteiger charge is 2.27. The van der Waals surface area contributed by atoms with Crippen LogP contribution in [-0.2, 0) is 4.74 Å². The Kier molecular flexibility index (Phi) is 3.27. The zero-order chi connectivity index (χ0) is 14.1. The molecule has 3 rings (SSSR count). The molecule has 1 aromatic carbocycles. The van der Waals surface area contributed by atoms with Crippen LogP contribution in [0.1, 0.15) is 25.8 Å². The first kappa shape index (κ1) is 12.9. The lowest BCUT2D eigenvalue weighted by Crippen LogP contribution is -2.22. The summed E-state index contributed by atoms with van der Waals surface area (Å²) in [5.41, 5.74) is 13.7. The highest BCUT2D eigenvalue weighted by Crippen LogP contribution is 2.28. The summed E-state index contributed by atoms with van der Waals surface area (Å²) in [6.07, 6.45) is 2.26. The fourth-order valence-corrected chi connectivity index (χ4v) is 2.60. The number of aromatic nitrogens is 4. The quantitative estimate of drug-likeness (QED) is 0.816. The summed E-state index contributed by atoms with van der Waals surface area (Å²) in [6, 6.07) is 5.42. The second kappa shape index (κ2) is 5.09. The number of ether oxygens (including phenoxy) is 1. The molecule has 2 unspecified atom stereocenters. The van der Waals surface area contributed by atoms with Crippen molar-refractivity contribution < 1.29 is 4.74 Å². The predicted octanol–water partition coefficient (Wildman–Crippen LogP) is 1.24. The molecule has 20 heavy (non-hydrogen) atoms. The maximum atomic E-state index is 5.83. The van der Waals surface area contributed by atoms with E-state index in [4.69, 9.17) is 16.2 Å². The smallest absolute Gasteiger partial charge is 0.182 e. The van der Waals surface area contributed by atoms with Gasteiger partial charge in [0.2, 0.25) is 0 Å². The molecular formula is C13H18N6O. The van der Waals surface area contributed by atoms with Gasteiger partial charge in [0.15, 0.2) is 5.82 Å². The molecule has 2 heterocycles. The summed E-state index contributed by atoms with van der Waals surface area (Å²) < 4.78 is 7.49. The molecular weight excluding hydrogens is 256 g/mol. The molecule has 1 aliphatic rings. The van der Waals surface area contributed by atoms with E-state index in [1.54, 1.807) is 10.7 Å². The van der Waals surface area contributed by atoms with Crippen molar-refractivity contribution >= 4 is 11.4 Å². The van der Waals surface area contributed by atoms with Crippen LogP contribution in [0.3, 0.4) is 0 Å². The van der Waals surface area contributed by atoms with E-state index >= 15 is 0 Å². The average molecular weight is 274 g/mol. The molecule has 0 bridgehead atoms. The third-order valence-corrected chi connectivity index (χ3v) is 3.62. The van der Waals surface area contributed by atoms with Crippen LogP contribution in [0.2, 0.25) is 0 Å². The molecule has 4 N–H and O–H groups in total. The van der Waals surface area contributed by atoms with Gasteiger partial charge in [-0.3, -0.25) is 0 Å².